The van der Waals surface area contributed by atoms with Crippen molar-refractivity contribution in [3.8, 4) is 6.07 Å². The van der Waals surface area contributed by atoms with Crippen LogP contribution in [0.4, 0.5) is 0 Å². The largest absolute Gasteiger partial charge is 0.230 e. The summed E-state index contributed by atoms with van der Waals surface area (Å²) in [5.41, 5.74) is 0. The molecule has 1 fully saturated rings. The highest BCUT2D eigenvalue weighted by Crippen LogP contribution is 2.28. The number of hydrogen-bond acceptors (Lipinski definition) is 3. The van der Waals surface area contributed by atoms with Gasteiger partial charge < -0.3 is 0 Å². The van der Waals surface area contributed by atoms with Crippen molar-refractivity contribution in [2.24, 2.45) is 5.92 Å². The van der Waals surface area contributed by atoms with E-state index in [1.54, 1.807) is 11.2 Å². The zero-order chi connectivity index (χ0) is 12.3. The molecule has 2 atom stereocenters. The Morgan fingerprint density at radius 3 is 2.56 bits per heavy atom. The van der Waals surface area contributed by atoms with E-state index in [1.165, 1.54) is 0 Å². The Kier molecular flexibility index (Phi) is 4.34. The number of hydrogen-bond donors (Lipinski definition) is 0. The molecule has 0 bridgehead atoms. The third-order valence-electron chi connectivity index (χ3n) is 3.22. The van der Waals surface area contributed by atoms with E-state index in [-0.39, 0.29) is 6.04 Å². The standard InChI is InChI=1S/C11H20N2O2S/c1-4-10(8-12)16(14,15)13-7-5-6-11(13)9(2)3/h9-11H,4-7H2,1-3H3. The lowest BCUT2D eigenvalue weighted by Gasteiger charge is -2.28. The van der Waals surface area contributed by atoms with Gasteiger partial charge in [-0.3, -0.25) is 0 Å². The Labute approximate surface area is 98.3 Å². The second kappa shape index (κ2) is 5.15. The Bertz CT molecular complexity index is 370. The van der Waals surface area contributed by atoms with Crippen LogP contribution in [0.5, 0.6) is 0 Å². The molecule has 4 nitrogen and oxygen atoms in total. The smallest absolute Gasteiger partial charge is 0.211 e. The molecule has 5 heteroatoms. The highest BCUT2D eigenvalue weighted by Gasteiger charge is 2.39. The van der Waals surface area contributed by atoms with Crippen molar-refractivity contribution in [2.45, 2.75) is 51.3 Å². The first-order valence-electron chi connectivity index (χ1n) is 5.85. The lowest BCUT2D eigenvalue weighted by atomic mass is 10.0. The van der Waals surface area contributed by atoms with Crippen LogP contribution in [0.3, 0.4) is 0 Å². The number of nitrogens with zero attached hydrogens (tertiary/aromatic N) is 2. The maximum atomic E-state index is 12.2. The second-order valence-electron chi connectivity index (χ2n) is 4.64. The van der Waals surface area contributed by atoms with Gasteiger partial charge in [-0.2, -0.15) is 9.57 Å². The van der Waals surface area contributed by atoms with E-state index in [9.17, 15) is 8.42 Å². The summed E-state index contributed by atoms with van der Waals surface area (Å²) in [6.07, 6.45) is 2.18. The van der Waals surface area contributed by atoms with Gasteiger partial charge in [-0.25, -0.2) is 8.42 Å². The van der Waals surface area contributed by atoms with Gasteiger partial charge in [0.2, 0.25) is 10.0 Å². The molecule has 0 aromatic heterocycles. The number of nitriles is 1. The number of rotatable bonds is 4. The van der Waals surface area contributed by atoms with Gasteiger partial charge in [-0.15, -0.1) is 0 Å². The first-order valence-corrected chi connectivity index (χ1v) is 7.35. The van der Waals surface area contributed by atoms with Crippen molar-refractivity contribution in [3.63, 3.8) is 0 Å². The minimum atomic E-state index is -3.42. The Hall–Kier alpha value is -0.600. The molecule has 0 saturated carbocycles. The normalized spacial score (nSPS) is 24.6. The summed E-state index contributed by atoms with van der Waals surface area (Å²) in [6.45, 7) is 6.38. The van der Waals surface area contributed by atoms with E-state index in [0.29, 0.717) is 18.9 Å². The fourth-order valence-corrected chi connectivity index (χ4v) is 4.27. The average molecular weight is 244 g/mol. The molecule has 0 aliphatic carbocycles. The third kappa shape index (κ3) is 2.38. The lowest BCUT2D eigenvalue weighted by Crippen LogP contribution is -2.43. The summed E-state index contributed by atoms with van der Waals surface area (Å²) in [4.78, 5) is 0. The van der Waals surface area contributed by atoms with Crippen LogP contribution in [0.25, 0.3) is 0 Å². The monoisotopic (exact) mass is 244 g/mol. The van der Waals surface area contributed by atoms with E-state index in [1.807, 2.05) is 19.9 Å². The molecular formula is C11H20N2O2S. The van der Waals surface area contributed by atoms with Crippen LogP contribution in [-0.2, 0) is 10.0 Å². The van der Waals surface area contributed by atoms with Crippen molar-refractivity contribution in [1.29, 1.82) is 5.26 Å². The van der Waals surface area contributed by atoms with Gasteiger partial charge in [-0.05, 0) is 25.2 Å². The fraction of sp³-hybridized carbons (Fsp3) is 0.909. The van der Waals surface area contributed by atoms with Crippen molar-refractivity contribution < 1.29 is 8.42 Å². The quantitative estimate of drug-likeness (QED) is 0.756. The summed E-state index contributed by atoms with van der Waals surface area (Å²) in [5.74, 6) is 0.313. The molecule has 1 aliphatic rings. The Morgan fingerprint density at radius 2 is 2.12 bits per heavy atom. The fourth-order valence-electron chi connectivity index (χ4n) is 2.28. The first kappa shape index (κ1) is 13.5. The van der Waals surface area contributed by atoms with Gasteiger partial charge >= 0.3 is 0 Å². The highest BCUT2D eigenvalue weighted by molar-refractivity contribution is 7.90. The van der Waals surface area contributed by atoms with E-state index in [0.717, 1.165) is 12.8 Å². The van der Waals surface area contributed by atoms with Crippen LogP contribution in [0.2, 0.25) is 0 Å². The molecule has 0 N–H and O–H groups in total. The molecular weight excluding hydrogens is 224 g/mol. The summed E-state index contributed by atoms with van der Waals surface area (Å²) in [6, 6.07) is 1.98. The lowest BCUT2D eigenvalue weighted by molar-refractivity contribution is 0.314. The molecule has 0 aromatic rings. The van der Waals surface area contributed by atoms with Crippen LogP contribution >= 0.6 is 0 Å². The maximum Gasteiger partial charge on any atom is 0.230 e. The SMILES string of the molecule is CCC(C#N)S(=O)(=O)N1CCCC1C(C)C. The molecule has 1 aliphatic heterocycles. The topological polar surface area (TPSA) is 61.2 Å². The van der Waals surface area contributed by atoms with Gasteiger partial charge in [-0.1, -0.05) is 20.8 Å². The molecule has 1 heterocycles. The zero-order valence-corrected chi connectivity index (χ0v) is 11.0. The van der Waals surface area contributed by atoms with Crippen molar-refractivity contribution >= 4 is 10.0 Å². The highest BCUT2D eigenvalue weighted by atomic mass is 32.2. The Balaban J connectivity index is 2.96. The molecule has 2 unspecified atom stereocenters. The summed E-state index contributed by atoms with van der Waals surface area (Å²) >= 11 is 0. The van der Waals surface area contributed by atoms with Crippen molar-refractivity contribution in [3.05, 3.63) is 0 Å². The van der Waals surface area contributed by atoms with Crippen molar-refractivity contribution in [2.75, 3.05) is 6.54 Å². The third-order valence-corrected chi connectivity index (χ3v) is 5.48. The van der Waals surface area contributed by atoms with E-state index in [2.05, 4.69) is 0 Å². The minimum absolute atomic E-state index is 0.0763. The zero-order valence-electron chi connectivity index (χ0n) is 10.2. The molecule has 0 aromatic carbocycles. The second-order valence-corrected chi connectivity index (χ2v) is 6.70. The predicted octanol–water partition coefficient (Wildman–Crippen LogP) is 1.74. The summed E-state index contributed by atoms with van der Waals surface area (Å²) in [5, 5.41) is 8.01. The van der Waals surface area contributed by atoms with Gasteiger partial charge in [0.15, 0.2) is 5.25 Å². The summed E-state index contributed by atoms with van der Waals surface area (Å²) in [7, 11) is -3.42. The van der Waals surface area contributed by atoms with Gasteiger partial charge in [0.05, 0.1) is 6.07 Å². The van der Waals surface area contributed by atoms with Gasteiger partial charge in [0, 0.05) is 12.6 Å². The average Bonchev–Trinajstić information content (AvgIpc) is 2.67. The first-order chi connectivity index (χ1) is 7.45. The summed E-state index contributed by atoms with van der Waals surface area (Å²) < 4.78 is 26.0. The van der Waals surface area contributed by atoms with Crippen LogP contribution in [0, 0.1) is 17.2 Å². The van der Waals surface area contributed by atoms with Gasteiger partial charge in [0.25, 0.3) is 0 Å². The number of sulfonamides is 1. The van der Waals surface area contributed by atoms with Crippen LogP contribution in [0.1, 0.15) is 40.0 Å². The van der Waals surface area contributed by atoms with Crippen LogP contribution in [-0.4, -0.2) is 30.6 Å². The molecule has 16 heavy (non-hydrogen) atoms. The van der Waals surface area contributed by atoms with E-state index < -0.39 is 15.3 Å². The van der Waals surface area contributed by atoms with E-state index in [4.69, 9.17) is 5.26 Å². The van der Waals surface area contributed by atoms with E-state index >= 15 is 0 Å². The molecule has 92 valence electrons. The van der Waals surface area contributed by atoms with Gasteiger partial charge in [0.1, 0.15) is 0 Å². The van der Waals surface area contributed by atoms with Crippen LogP contribution in [0.15, 0.2) is 0 Å². The van der Waals surface area contributed by atoms with Crippen molar-refractivity contribution in [1.82, 2.24) is 4.31 Å². The molecule has 1 rings (SSSR count). The predicted molar refractivity (Wildman–Crippen MR) is 63.2 cm³/mol. The molecule has 0 radical (unpaired) electrons. The maximum absolute atomic E-state index is 12.2. The Morgan fingerprint density at radius 1 is 1.50 bits per heavy atom. The molecule has 0 spiro atoms. The van der Waals surface area contributed by atoms with Crippen LogP contribution < -0.4 is 0 Å². The molecule has 1 saturated heterocycles. The minimum Gasteiger partial charge on any atom is -0.211 e. The molecule has 0 amide bonds.